The maximum Gasteiger partial charge on any atom is 0.411 e. The zero-order valence-electron chi connectivity index (χ0n) is 14.6. The summed E-state index contributed by atoms with van der Waals surface area (Å²) in [4.78, 5) is 11.6. The van der Waals surface area contributed by atoms with Crippen molar-refractivity contribution in [2.75, 3.05) is 16.6 Å². The molecule has 10 heteroatoms. The lowest BCUT2D eigenvalue weighted by Crippen LogP contribution is -2.16. The van der Waals surface area contributed by atoms with Gasteiger partial charge in [0.15, 0.2) is 0 Å². The highest BCUT2D eigenvalue weighted by atomic mass is 32.2. The highest BCUT2D eigenvalue weighted by molar-refractivity contribution is 7.92. The van der Waals surface area contributed by atoms with Crippen molar-refractivity contribution in [3.05, 3.63) is 35.7 Å². The number of nitrogens with one attached hydrogen (secondary N) is 2. The summed E-state index contributed by atoms with van der Waals surface area (Å²) in [6.07, 6.45) is 1.19. The Bertz CT molecular complexity index is 960. The number of aryl methyl sites for hydroxylation is 2. The van der Waals surface area contributed by atoms with E-state index in [9.17, 15) is 18.5 Å². The Labute approximate surface area is 151 Å². The maximum absolute atomic E-state index is 12.6. The molecule has 0 fully saturated rings. The standard InChI is InChI=1S/C16H19N5O4S/c1-4-13-15(10-21(3)19-13)26(23,24)20-12-6-7-14(11(8-12)9-17)18-16(22)25-5-2/h6-8,10,20H,4-5H2,1-3H3,(H,18,22). The van der Waals surface area contributed by atoms with E-state index in [0.717, 1.165) is 0 Å². The first-order valence-electron chi connectivity index (χ1n) is 7.84. The van der Waals surface area contributed by atoms with Crippen molar-refractivity contribution in [1.29, 1.82) is 5.26 Å². The van der Waals surface area contributed by atoms with E-state index in [1.165, 1.54) is 29.1 Å². The summed E-state index contributed by atoms with van der Waals surface area (Å²) in [5, 5.41) is 15.8. The summed E-state index contributed by atoms with van der Waals surface area (Å²) in [7, 11) is -2.22. The number of carbonyl (C=O) groups excluding carboxylic acids is 1. The van der Waals surface area contributed by atoms with E-state index in [-0.39, 0.29) is 28.4 Å². The first-order chi connectivity index (χ1) is 12.3. The molecule has 26 heavy (non-hydrogen) atoms. The van der Waals surface area contributed by atoms with Crippen LogP contribution < -0.4 is 10.0 Å². The summed E-state index contributed by atoms with van der Waals surface area (Å²) in [6.45, 7) is 3.66. The Morgan fingerprint density at radius 2 is 2.12 bits per heavy atom. The Kier molecular flexibility index (Phi) is 5.84. The van der Waals surface area contributed by atoms with Gasteiger partial charge in [-0.15, -0.1) is 0 Å². The lowest BCUT2D eigenvalue weighted by Gasteiger charge is -2.11. The van der Waals surface area contributed by atoms with Crippen molar-refractivity contribution >= 4 is 27.5 Å². The topological polar surface area (TPSA) is 126 Å². The van der Waals surface area contributed by atoms with Crippen molar-refractivity contribution in [3.8, 4) is 6.07 Å². The summed E-state index contributed by atoms with van der Waals surface area (Å²) in [6, 6.07) is 6.12. The molecule has 0 radical (unpaired) electrons. The minimum Gasteiger partial charge on any atom is -0.450 e. The fourth-order valence-electron chi connectivity index (χ4n) is 2.28. The van der Waals surface area contributed by atoms with Crippen LogP contribution in [-0.4, -0.2) is 30.9 Å². The van der Waals surface area contributed by atoms with Crippen LogP contribution in [0.3, 0.4) is 0 Å². The molecule has 0 bridgehead atoms. The molecule has 1 aromatic heterocycles. The van der Waals surface area contributed by atoms with Crippen molar-refractivity contribution in [2.45, 2.75) is 25.2 Å². The molecule has 0 aliphatic carbocycles. The fourth-order valence-corrected chi connectivity index (χ4v) is 3.61. The van der Waals surface area contributed by atoms with Gasteiger partial charge in [0.05, 0.1) is 29.2 Å². The summed E-state index contributed by atoms with van der Waals surface area (Å²) in [5.41, 5.74) is 0.965. The molecule has 0 unspecified atom stereocenters. The second kappa shape index (κ2) is 7.88. The molecule has 0 aliphatic rings. The van der Waals surface area contributed by atoms with E-state index in [0.29, 0.717) is 12.1 Å². The number of hydrogen-bond acceptors (Lipinski definition) is 6. The number of nitrogens with zero attached hydrogens (tertiary/aromatic N) is 3. The second-order valence-corrected chi connectivity index (χ2v) is 6.94. The number of ether oxygens (including phenoxy) is 1. The van der Waals surface area contributed by atoms with Crippen LogP contribution >= 0.6 is 0 Å². The molecule has 2 aromatic rings. The summed E-state index contributed by atoms with van der Waals surface area (Å²) in [5.74, 6) is 0. The van der Waals surface area contributed by atoms with Gasteiger partial charge in [0, 0.05) is 13.2 Å². The summed E-state index contributed by atoms with van der Waals surface area (Å²) < 4.78 is 33.8. The van der Waals surface area contributed by atoms with Crippen molar-refractivity contribution in [1.82, 2.24) is 9.78 Å². The first kappa shape index (κ1) is 19.3. The van der Waals surface area contributed by atoms with E-state index in [1.54, 1.807) is 14.0 Å². The Balaban J connectivity index is 2.29. The van der Waals surface area contributed by atoms with Gasteiger partial charge >= 0.3 is 6.09 Å². The number of sulfonamides is 1. The predicted octanol–water partition coefficient (Wildman–Crippen LogP) is 2.22. The molecule has 9 nitrogen and oxygen atoms in total. The third-order valence-electron chi connectivity index (χ3n) is 3.40. The second-order valence-electron chi connectivity index (χ2n) is 5.29. The van der Waals surface area contributed by atoms with E-state index in [1.807, 2.05) is 13.0 Å². The number of anilines is 2. The zero-order chi connectivity index (χ0) is 19.3. The molecular weight excluding hydrogens is 358 g/mol. The average molecular weight is 377 g/mol. The molecule has 2 N–H and O–H groups in total. The number of nitriles is 1. The van der Waals surface area contributed by atoms with E-state index < -0.39 is 16.1 Å². The summed E-state index contributed by atoms with van der Waals surface area (Å²) >= 11 is 0. The lowest BCUT2D eigenvalue weighted by atomic mass is 10.2. The quantitative estimate of drug-likeness (QED) is 0.795. The largest absolute Gasteiger partial charge is 0.450 e. The number of amides is 1. The molecule has 2 rings (SSSR count). The van der Waals surface area contributed by atoms with Crippen LogP contribution in [0.2, 0.25) is 0 Å². The molecule has 0 spiro atoms. The Morgan fingerprint density at radius 1 is 1.38 bits per heavy atom. The molecule has 0 atom stereocenters. The number of aromatic nitrogens is 2. The van der Waals surface area contributed by atoms with Crippen LogP contribution in [0.15, 0.2) is 29.3 Å². The highest BCUT2D eigenvalue weighted by Gasteiger charge is 2.21. The molecule has 0 saturated carbocycles. The normalized spacial score (nSPS) is 10.8. The van der Waals surface area contributed by atoms with Crippen molar-refractivity contribution in [2.24, 2.45) is 7.05 Å². The minimum absolute atomic E-state index is 0.0785. The van der Waals surface area contributed by atoms with Crippen molar-refractivity contribution in [3.63, 3.8) is 0 Å². The molecule has 138 valence electrons. The Morgan fingerprint density at radius 3 is 2.73 bits per heavy atom. The average Bonchev–Trinajstić information content (AvgIpc) is 2.98. The maximum atomic E-state index is 12.6. The van der Waals surface area contributed by atoms with E-state index >= 15 is 0 Å². The van der Waals surface area contributed by atoms with Gasteiger partial charge in [0.25, 0.3) is 10.0 Å². The number of rotatable bonds is 6. The van der Waals surface area contributed by atoms with Gasteiger partial charge in [0.1, 0.15) is 11.0 Å². The molecule has 1 amide bonds. The van der Waals surface area contributed by atoms with Crippen molar-refractivity contribution < 1.29 is 17.9 Å². The van der Waals surface area contributed by atoms with Gasteiger partial charge < -0.3 is 4.74 Å². The third-order valence-corrected chi connectivity index (χ3v) is 4.82. The smallest absolute Gasteiger partial charge is 0.411 e. The van der Waals surface area contributed by atoms with Gasteiger partial charge in [0.2, 0.25) is 0 Å². The van der Waals surface area contributed by atoms with Crippen LogP contribution in [0.1, 0.15) is 25.1 Å². The molecule has 1 heterocycles. The fraction of sp³-hybridized carbons (Fsp3) is 0.312. The van der Waals surface area contributed by atoms with Crippen LogP contribution in [-0.2, 0) is 28.2 Å². The minimum atomic E-state index is -3.86. The third kappa shape index (κ3) is 4.31. The SMILES string of the molecule is CCOC(=O)Nc1ccc(NS(=O)(=O)c2cn(C)nc2CC)cc1C#N. The molecule has 0 saturated heterocycles. The van der Waals surface area contributed by atoms with Gasteiger partial charge in [-0.2, -0.15) is 10.4 Å². The van der Waals surface area contributed by atoms with Gasteiger partial charge in [-0.25, -0.2) is 13.2 Å². The van der Waals surface area contributed by atoms with Crippen LogP contribution in [0.4, 0.5) is 16.2 Å². The molecule has 1 aromatic carbocycles. The van der Waals surface area contributed by atoms with E-state index in [2.05, 4.69) is 15.1 Å². The Hall–Kier alpha value is -3.06. The number of carbonyl (C=O) groups is 1. The van der Waals surface area contributed by atoms with Gasteiger partial charge in [-0.1, -0.05) is 6.92 Å². The molecule has 0 aliphatic heterocycles. The van der Waals surface area contributed by atoms with E-state index in [4.69, 9.17) is 4.74 Å². The number of hydrogen-bond donors (Lipinski definition) is 2. The van der Waals surface area contributed by atoms with Gasteiger partial charge in [-0.05, 0) is 31.5 Å². The monoisotopic (exact) mass is 377 g/mol. The molecular formula is C16H19N5O4S. The van der Waals surface area contributed by atoms with Crippen LogP contribution in [0, 0.1) is 11.3 Å². The lowest BCUT2D eigenvalue weighted by molar-refractivity contribution is 0.168. The highest BCUT2D eigenvalue weighted by Crippen LogP contribution is 2.24. The first-order valence-corrected chi connectivity index (χ1v) is 9.32. The zero-order valence-corrected chi connectivity index (χ0v) is 15.4. The van der Waals surface area contributed by atoms with Gasteiger partial charge in [-0.3, -0.25) is 14.7 Å². The predicted molar refractivity (Wildman–Crippen MR) is 95.2 cm³/mol. The number of benzene rings is 1. The van der Waals surface area contributed by atoms with Crippen LogP contribution in [0.25, 0.3) is 0 Å². The van der Waals surface area contributed by atoms with Crippen LogP contribution in [0.5, 0.6) is 0 Å².